The topological polar surface area (TPSA) is 83.2 Å². The Morgan fingerprint density at radius 2 is 1.05 bits per heavy atom. The van der Waals surface area contributed by atoms with Gasteiger partial charge >= 0.3 is 0 Å². The third kappa shape index (κ3) is 3.59. The number of nitriles is 2. The summed E-state index contributed by atoms with van der Waals surface area (Å²) in [6, 6.07) is 29.8. The monoisotopic (exact) mass is 600 g/mol. The standard InChI is InChI=1S/C34H22B2N6S2/c1-17-27-28(32(41(17)35)24(16-38)34-40-30-22-10-6-4-8-20(22)12-14-26(30)44-34)18(2)42(36)31(27)23(15-37)33-39-29-21-9-5-3-7-19(21)11-13-25(29)43-33/h3-14H,35-36H2,1-2H3/b31-23-,32-24-. The van der Waals surface area contributed by atoms with Crippen molar-refractivity contribution in [2.45, 2.75) is 13.8 Å². The number of thiazole rings is 2. The molecule has 44 heavy (non-hydrogen) atoms. The summed E-state index contributed by atoms with van der Waals surface area (Å²) in [5.74, 6) is 0. The van der Waals surface area contributed by atoms with Gasteiger partial charge in [-0.15, -0.1) is 22.7 Å². The molecule has 0 unspecified atom stereocenters. The predicted octanol–water partition coefficient (Wildman–Crippen LogP) is 4.82. The van der Waals surface area contributed by atoms with Crippen LogP contribution >= 0.6 is 22.7 Å². The van der Waals surface area contributed by atoms with Gasteiger partial charge in [-0.05, 0) is 36.8 Å². The highest BCUT2D eigenvalue weighted by Gasteiger charge is 2.23. The number of hydrogen-bond donors (Lipinski definition) is 0. The molecule has 6 nitrogen and oxygen atoms in total. The van der Waals surface area contributed by atoms with Gasteiger partial charge in [0.25, 0.3) is 0 Å². The van der Waals surface area contributed by atoms with Gasteiger partial charge in [0.05, 0.1) is 31.1 Å². The minimum absolute atomic E-state index is 0.529. The lowest BCUT2D eigenvalue weighted by Crippen LogP contribution is -2.23. The highest BCUT2D eigenvalue weighted by atomic mass is 32.1. The fourth-order valence-electron chi connectivity index (χ4n) is 6.47. The zero-order valence-corrected chi connectivity index (χ0v) is 26.1. The Kier molecular flexibility index (Phi) is 5.83. The van der Waals surface area contributed by atoms with E-state index in [1.165, 1.54) is 22.7 Å². The van der Waals surface area contributed by atoms with Crippen LogP contribution in [0.5, 0.6) is 0 Å². The van der Waals surface area contributed by atoms with E-state index in [9.17, 15) is 10.5 Å². The molecule has 0 radical (unpaired) electrons. The van der Waals surface area contributed by atoms with Crippen LogP contribution in [0.4, 0.5) is 0 Å². The normalized spacial score (nSPS) is 13.2. The van der Waals surface area contributed by atoms with Crippen molar-refractivity contribution in [1.29, 1.82) is 10.5 Å². The molecule has 0 aliphatic rings. The first-order valence-corrected chi connectivity index (χ1v) is 15.8. The van der Waals surface area contributed by atoms with Crippen LogP contribution in [0.2, 0.25) is 0 Å². The minimum atomic E-state index is 0.529. The first-order valence-electron chi connectivity index (χ1n) is 14.2. The third-order valence-electron chi connectivity index (χ3n) is 8.82. The van der Waals surface area contributed by atoms with Crippen LogP contribution in [0.25, 0.3) is 63.9 Å². The molecule has 0 spiro atoms. The van der Waals surface area contributed by atoms with Crippen molar-refractivity contribution in [3.05, 3.63) is 105 Å². The molecule has 4 aromatic heterocycles. The Balaban J connectivity index is 1.46. The van der Waals surface area contributed by atoms with E-state index >= 15 is 0 Å². The van der Waals surface area contributed by atoms with E-state index in [-0.39, 0.29) is 0 Å². The van der Waals surface area contributed by atoms with Crippen LogP contribution in [0.3, 0.4) is 0 Å². The molecule has 0 saturated heterocycles. The molecule has 8 aromatic rings. The smallest absolute Gasteiger partial charge is 0.223 e. The lowest BCUT2D eigenvalue weighted by Gasteiger charge is -2.05. The fourth-order valence-corrected chi connectivity index (χ4v) is 8.43. The van der Waals surface area contributed by atoms with Gasteiger partial charge in [-0.2, -0.15) is 10.5 Å². The molecule has 0 saturated carbocycles. The molecule has 10 heteroatoms. The average Bonchev–Trinajstić information content (AvgIpc) is 3.79. The van der Waals surface area contributed by atoms with Crippen LogP contribution in [-0.4, -0.2) is 34.9 Å². The first-order chi connectivity index (χ1) is 21.4. The van der Waals surface area contributed by atoms with Crippen LogP contribution in [0.1, 0.15) is 21.4 Å². The Hall–Kier alpha value is -5.15. The molecular weight excluding hydrogens is 578 g/mol. The van der Waals surface area contributed by atoms with Crippen LogP contribution in [-0.2, 0) is 0 Å². The maximum absolute atomic E-state index is 10.6. The molecular formula is C34H22B2N6S2. The number of benzene rings is 4. The molecule has 0 amide bonds. The van der Waals surface area contributed by atoms with Crippen molar-refractivity contribution in [3.63, 3.8) is 0 Å². The molecule has 0 atom stereocenters. The molecule has 0 fully saturated rings. The highest BCUT2D eigenvalue weighted by Crippen LogP contribution is 2.34. The van der Waals surface area contributed by atoms with Crippen LogP contribution < -0.4 is 10.7 Å². The third-order valence-corrected chi connectivity index (χ3v) is 10.9. The summed E-state index contributed by atoms with van der Waals surface area (Å²) in [7, 11) is 3.98. The Labute approximate surface area is 261 Å². The molecule has 0 bridgehead atoms. The Morgan fingerprint density at radius 3 is 1.45 bits per heavy atom. The van der Waals surface area contributed by atoms with E-state index in [1.54, 1.807) is 0 Å². The minimum Gasteiger partial charge on any atom is -0.395 e. The van der Waals surface area contributed by atoms with E-state index in [4.69, 9.17) is 9.97 Å². The molecule has 4 aromatic carbocycles. The zero-order valence-electron chi connectivity index (χ0n) is 24.4. The quantitative estimate of drug-likeness (QED) is 0.267. The van der Waals surface area contributed by atoms with Gasteiger partial charge in [-0.25, -0.2) is 9.97 Å². The summed E-state index contributed by atoms with van der Waals surface area (Å²) in [5.41, 5.74) is 4.83. The SMILES string of the molecule is Bn1c(C)c2/c(=C(\C#N)c3nc4c(ccc5ccccc54)s3)n(B)c(C)c2/c1=C(\C#N)c1nc2c(ccc3ccccc32)s1. The summed E-state index contributed by atoms with van der Waals surface area (Å²) in [6.45, 7) is 4.10. The van der Waals surface area contributed by atoms with Crippen molar-refractivity contribution in [2.24, 2.45) is 0 Å². The molecule has 0 aliphatic heterocycles. The van der Waals surface area contributed by atoms with Crippen molar-refractivity contribution in [3.8, 4) is 12.1 Å². The Morgan fingerprint density at radius 1 is 0.636 bits per heavy atom. The number of aromatic nitrogens is 4. The largest absolute Gasteiger partial charge is 0.395 e. The summed E-state index contributed by atoms with van der Waals surface area (Å²) >= 11 is 3.07. The highest BCUT2D eigenvalue weighted by molar-refractivity contribution is 7.20. The van der Waals surface area contributed by atoms with Crippen molar-refractivity contribution in [2.75, 3.05) is 0 Å². The fraction of sp³-hybridized carbons (Fsp3) is 0.0588. The van der Waals surface area contributed by atoms with Crippen molar-refractivity contribution >= 4 is 103 Å². The van der Waals surface area contributed by atoms with Gasteiger partial charge in [-0.3, -0.25) is 0 Å². The maximum Gasteiger partial charge on any atom is 0.223 e. The molecule has 8 rings (SSSR count). The van der Waals surface area contributed by atoms with Crippen LogP contribution in [0.15, 0.2) is 72.8 Å². The van der Waals surface area contributed by atoms with E-state index in [1.807, 2.05) is 40.2 Å². The number of aryl methyl sites for hydroxylation is 2. The maximum atomic E-state index is 10.6. The van der Waals surface area contributed by atoms with Gasteiger partial charge in [0.2, 0.25) is 16.0 Å². The zero-order chi connectivity index (χ0) is 30.3. The number of fused-ring (bicyclic) bond motifs is 7. The second-order valence-corrected chi connectivity index (χ2v) is 13.1. The van der Waals surface area contributed by atoms with Gasteiger partial charge in [-0.1, -0.05) is 60.7 Å². The first kappa shape index (κ1) is 26.5. The Bertz CT molecular complexity index is 2560. The number of rotatable bonds is 2. The summed E-state index contributed by atoms with van der Waals surface area (Å²) in [5, 5.41) is 30.6. The van der Waals surface area contributed by atoms with E-state index in [2.05, 4.69) is 83.5 Å². The lowest BCUT2D eigenvalue weighted by atomic mass is 10.1. The molecule has 0 aliphatic carbocycles. The van der Waals surface area contributed by atoms with Gasteiger partial charge in [0.1, 0.15) is 33.3 Å². The van der Waals surface area contributed by atoms with E-state index in [0.29, 0.717) is 21.2 Å². The summed E-state index contributed by atoms with van der Waals surface area (Å²) in [6.07, 6.45) is 0. The van der Waals surface area contributed by atoms with Crippen molar-refractivity contribution < 1.29 is 0 Å². The molecule has 0 N–H and O–H groups in total. The average molecular weight is 600 g/mol. The van der Waals surface area contributed by atoms with Gasteiger partial charge < -0.3 is 8.96 Å². The van der Waals surface area contributed by atoms with Gasteiger partial charge in [0.15, 0.2) is 0 Å². The van der Waals surface area contributed by atoms with Crippen LogP contribution in [0, 0.1) is 36.5 Å². The summed E-state index contributed by atoms with van der Waals surface area (Å²) < 4.78 is 6.24. The van der Waals surface area contributed by atoms with Gasteiger partial charge in [0, 0.05) is 32.9 Å². The summed E-state index contributed by atoms with van der Waals surface area (Å²) in [4.78, 5) is 10.1. The number of hydrogen-bond acceptors (Lipinski definition) is 6. The lowest BCUT2D eigenvalue weighted by molar-refractivity contribution is 1.07. The van der Waals surface area contributed by atoms with E-state index < -0.39 is 0 Å². The van der Waals surface area contributed by atoms with E-state index in [0.717, 1.165) is 74.8 Å². The number of nitrogens with zero attached hydrogens (tertiary/aromatic N) is 6. The molecule has 4 heterocycles. The molecule has 206 valence electrons. The second-order valence-electron chi connectivity index (χ2n) is 11.0. The second kappa shape index (κ2) is 9.68. The van der Waals surface area contributed by atoms with Crippen molar-refractivity contribution in [1.82, 2.24) is 18.9 Å². The predicted molar refractivity (Wildman–Crippen MR) is 187 cm³/mol.